The SMILES string of the molecule is Cc1cscc1C(=O)N[C@@H]1CCCC[C@H]1O. The lowest BCUT2D eigenvalue weighted by atomic mass is 9.92. The maximum atomic E-state index is 11.9. The van der Waals surface area contributed by atoms with E-state index in [0.29, 0.717) is 0 Å². The van der Waals surface area contributed by atoms with Gasteiger partial charge >= 0.3 is 0 Å². The summed E-state index contributed by atoms with van der Waals surface area (Å²) in [7, 11) is 0. The van der Waals surface area contributed by atoms with E-state index in [0.717, 1.165) is 36.8 Å². The van der Waals surface area contributed by atoms with Gasteiger partial charge in [-0.15, -0.1) is 0 Å². The van der Waals surface area contributed by atoms with Crippen LogP contribution in [0, 0.1) is 6.92 Å². The molecule has 0 bridgehead atoms. The normalized spacial score (nSPS) is 25.4. The Morgan fingerprint density at radius 1 is 1.44 bits per heavy atom. The number of thiophene rings is 1. The molecule has 1 aliphatic rings. The molecule has 1 aromatic heterocycles. The Labute approximate surface area is 99.5 Å². The van der Waals surface area contributed by atoms with Gasteiger partial charge in [0.2, 0.25) is 0 Å². The third-order valence-electron chi connectivity index (χ3n) is 3.15. The molecule has 0 saturated heterocycles. The first-order valence-corrected chi connectivity index (χ1v) is 6.64. The zero-order valence-electron chi connectivity index (χ0n) is 9.40. The molecule has 1 aliphatic carbocycles. The van der Waals surface area contributed by atoms with Gasteiger partial charge in [0.1, 0.15) is 0 Å². The maximum absolute atomic E-state index is 11.9. The highest BCUT2D eigenvalue weighted by Crippen LogP contribution is 2.20. The van der Waals surface area contributed by atoms with Crippen LogP contribution in [0.15, 0.2) is 10.8 Å². The summed E-state index contributed by atoms with van der Waals surface area (Å²) >= 11 is 1.53. The van der Waals surface area contributed by atoms with Crippen molar-refractivity contribution in [2.24, 2.45) is 0 Å². The molecular weight excluding hydrogens is 222 g/mol. The summed E-state index contributed by atoms with van der Waals surface area (Å²) < 4.78 is 0. The number of rotatable bonds is 2. The number of aliphatic hydroxyl groups excluding tert-OH is 1. The molecule has 0 unspecified atom stereocenters. The summed E-state index contributed by atoms with van der Waals surface area (Å²) in [6.45, 7) is 1.93. The maximum Gasteiger partial charge on any atom is 0.252 e. The number of hydrogen-bond donors (Lipinski definition) is 2. The fourth-order valence-corrected chi connectivity index (χ4v) is 2.95. The monoisotopic (exact) mass is 239 g/mol. The lowest BCUT2D eigenvalue weighted by Gasteiger charge is -2.28. The van der Waals surface area contributed by atoms with Crippen molar-refractivity contribution in [3.63, 3.8) is 0 Å². The average Bonchev–Trinajstić information content (AvgIpc) is 2.68. The predicted octanol–water partition coefficient (Wildman–Crippen LogP) is 2.09. The van der Waals surface area contributed by atoms with Gasteiger partial charge in [0.25, 0.3) is 5.91 Å². The molecule has 1 saturated carbocycles. The number of hydrogen-bond acceptors (Lipinski definition) is 3. The molecule has 1 heterocycles. The highest BCUT2D eigenvalue weighted by atomic mass is 32.1. The largest absolute Gasteiger partial charge is 0.391 e. The van der Waals surface area contributed by atoms with Crippen LogP contribution in [-0.2, 0) is 0 Å². The summed E-state index contributed by atoms with van der Waals surface area (Å²) in [4.78, 5) is 11.9. The Morgan fingerprint density at radius 2 is 2.19 bits per heavy atom. The van der Waals surface area contributed by atoms with Crippen molar-refractivity contribution in [3.8, 4) is 0 Å². The Morgan fingerprint density at radius 3 is 2.81 bits per heavy atom. The molecule has 4 heteroatoms. The van der Waals surface area contributed by atoms with Gasteiger partial charge in [-0.1, -0.05) is 12.8 Å². The van der Waals surface area contributed by atoms with Crippen molar-refractivity contribution in [1.82, 2.24) is 5.32 Å². The zero-order chi connectivity index (χ0) is 11.5. The molecule has 1 amide bonds. The van der Waals surface area contributed by atoms with Gasteiger partial charge in [-0.2, -0.15) is 11.3 Å². The van der Waals surface area contributed by atoms with Crippen molar-refractivity contribution in [1.29, 1.82) is 0 Å². The van der Waals surface area contributed by atoms with Crippen molar-refractivity contribution in [3.05, 3.63) is 21.9 Å². The highest BCUT2D eigenvalue weighted by molar-refractivity contribution is 7.08. The molecular formula is C12H17NO2S. The molecule has 1 fully saturated rings. The van der Waals surface area contributed by atoms with Crippen LogP contribution in [0.3, 0.4) is 0 Å². The first kappa shape index (κ1) is 11.6. The Balaban J connectivity index is 1.99. The molecule has 2 N–H and O–H groups in total. The fraction of sp³-hybridized carbons (Fsp3) is 0.583. The van der Waals surface area contributed by atoms with Crippen LogP contribution in [0.4, 0.5) is 0 Å². The summed E-state index contributed by atoms with van der Waals surface area (Å²) in [5, 5.41) is 16.5. The minimum absolute atomic E-state index is 0.0512. The number of aliphatic hydroxyl groups is 1. The Kier molecular flexibility index (Phi) is 3.61. The summed E-state index contributed by atoms with van der Waals surface area (Å²) in [6.07, 6.45) is 3.45. The highest BCUT2D eigenvalue weighted by Gasteiger charge is 2.25. The average molecular weight is 239 g/mol. The molecule has 1 aromatic rings. The summed E-state index contributed by atoms with van der Waals surface area (Å²) in [5.74, 6) is -0.0512. The van der Waals surface area contributed by atoms with E-state index in [1.807, 2.05) is 17.7 Å². The summed E-state index contributed by atoms with van der Waals surface area (Å²) in [6, 6.07) is -0.0689. The molecule has 16 heavy (non-hydrogen) atoms. The first-order valence-electron chi connectivity index (χ1n) is 5.70. The molecule has 88 valence electrons. The molecule has 2 rings (SSSR count). The second-order valence-electron chi connectivity index (χ2n) is 4.40. The molecule has 0 aromatic carbocycles. The van der Waals surface area contributed by atoms with Crippen LogP contribution in [0.25, 0.3) is 0 Å². The Hall–Kier alpha value is -0.870. The van der Waals surface area contributed by atoms with Gasteiger partial charge in [-0.25, -0.2) is 0 Å². The van der Waals surface area contributed by atoms with E-state index >= 15 is 0 Å². The van der Waals surface area contributed by atoms with Crippen molar-refractivity contribution in [2.75, 3.05) is 0 Å². The van der Waals surface area contributed by atoms with Crippen LogP contribution in [-0.4, -0.2) is 23.2 Å². The van der Waals surface area contributed by atoms with E-state index in [4.69, 9.17) is 0 Å². The van der Waals surface area contributed by atoms with Gasteiger partial charge in [-0.3, -0.25) is 4.79 Å². The van der Waals surface area contributed by atoms with E-state index < -0.39 is 0 Å². The van der Waals surface area contributed by atoms with Crippen LogP contribution < -0.4 is 5.32 Å². The number of nitrogens with one attached hydrogen (secondary N) is 1. The van der Waals surface area contributed by atoms with Gasteiger partial charge in [0, 0.05) is 5.38 Å². The Bertz CT molecular complexity index is 375. The standard InChI is InChI=1S/C12H17NO2S/c1-8-6-16-7-9(8)12(15)13-10-4-2-3-5-11(10)14/h6-7,10-11,14H,2-5H2,1H3,(H,13,15)/t10-,11-/m1/s1. The molecule has 3 nitrogen and oxygen atoms in total. The van der Waals surface area contributed by atoms with Gasteiger partial charge in [0.15, 0.2) is 0 Å². The van der Waals surface area contributed by atoms with Crippen LogP contribution in [0.5, 0.6) is 0 Å². The number of carbonyl (C=O) groups is 1. The quantitative estimate of drug-likeness (QED) is 0.830. The van der Waals surface area contributed by atoms with Crippen LogP contribution in [0.1, 0.15) is 41.6 Å². The van der Waals surface area contributed by atoms with Gasteiger partial charge < -0.3 is 10.4 Å². The lowest BCUT2D eigenvalue weighted by molar-refractivity contribution is 0.0717. The number of carbonyl (C=O) groups excluding carboxylic acids is 1. The predicted molar refractivity (Wildman–Crippen MR) is 64.8 cm³/mol. The molecule has 0 radical (unpaired) electrons. The minimum Gasteiger partial charge on any atom is -0.391 e. The second-order valence-corrected chi connectivity index (χ2v) is 5.14. The zero-order valence-corrected chi connectivity index (χ0v) is 10.2. The third-order valence-corrected chi connectivity index (χ3v) is 4.01. The smallest absolute Gasteiger partial charge is 0.252 e. The first-order chi connectivity index (χ1) is 7.68. The lowest BCUT2D eigenvalue weighted by Crippen LogP contribution is -2.45. The molecule has 0 aliphatic heterocycles. The molecule has 2 atom stereocenters. The van der Waals surface area contributed by atoms with Crippen molar-refractivity contribution in [2.45, 2.75) is 44.8 Å². The topological polar surface area (TPSA) is 49.3 Å². The van der Waals surface area contributed by atoms with E-state index in [-0.39, 0.29) is 18.1 Å². The molecule has 0 spiro atoms. The van der Waals surface area contributed by atoms with Gasteiger partial charge in [0.05, 0.1) is 17.7 Å². The van der Waals surface area contributed by atoms with E-state index in [2.05, 4.69) is 5.32 Å². The number of amides is 1. The second kappa shape index (κ2) is 4.97. The number of aryl methyl sites for hydroxylation is 1. The van der Waals surface area contributed by atoms with Crippen LogP contribution in [0.2, 0.25) is 0 Å². The van der Waals surface area contributed by atoms with Crippen molar-refractivity contribution >= 4 is 17.2 Å². The van der Waals surface area contributed by atoms with Gasteiger partial charge in [-0.05, 0) is 30.7 Å². The van der Waals surface area contributed by atoms with E-state index in [1.165, 1.54) is 11.3 Å². The van der Waals surface area contributed by atoms with Crippen molar-refractivity contribution < 1.29 is 9.90 Å². The van der Waals surface area contributed by atoms with E-state index in [1.54, 1.807) is 0 Å². The van der Waals surface area contributed by atoms with E-state index in [9.17, 15) is 9.90 Å². The third kappa shape index (κ3) is 2.44. The fourth-order valence-electron chi connectivity index (χ4n) is 2.12. The summed E-state index contributed by atoms with van der Waals surface area (Å²) in [5.41, 5.74) is 1.75. The van der Waals surface area contributed by atoms with Crippen LogP contribution >= 0.6 is 11.3 Å². The minimum atomic E-state index is -0.378.